The van der Waals surface area contributed by atoms with Crippen LogP contribution in [0, 0.1) is 0 Å². The van der Waals surface area contributed by atoms with Crippen LogP contribution in [-0.2, 0) is 11.3 Å². The predicted molar refractivity (Wildman–Crippen MR) is 86.4 cm³/mol. The van der Waals surface area contributed by atoms with Gasteiger partial charge in [-0.3, -0.25) is 9.69 Å². The minimum absolute atomic E-state index is 0.0551. The van der Waals surface area contributed by atoms with E-state index in [1.807, 2.05) is 29.2 Å². The summed E-state index contributed by atoms with van der Waals surface area (Å²) in [5, 5.41) is 9.75. The van der Waals surface area contributed by atoms with Gasteiger partial charge in [0.1, 0.15) is 0 Å². The number of unbranched alkanes of at least 4 members (excludes halogenated alkanes) is 1. The Balaban J connectivity index is 2.52. The molecule has 0 saturated heterocycles. The Morgan fingerprint density at radius 2 is 2.10 bits per heavy atom. The summed E-state index contributed by atoms with van der Waals surface area (Å²) in [6.07, 6.45) is 2.11. The van der Waals surface area contributed by atoms with Crippen LogP contribution in [0.25, 0.3) is 0 Å². The smallest absolute Gasteiger partial charge is 0.236 e. The van der Waals surface area contributed by atoms with Crippen LogP contribution >= 0.6 is 11.6 Å². The van der Waals surface area contributed by atoms with Crippen molar-refractivity contribution in [3.8, 4) is 0 Å². The van der Waals surface area contributed by atoms with Crippen LogP contribution in [0.4, 0.5) is 0 Å². The third-order valence-corrected chi connectivity index (χ3v) is 3.57. The fourth-order valence-corrected chi connectivity index (χ4v) is 2.32. The van der Waals surface area contributed by atoms with E-state index >= 15 is 0 Å². The van der Waals surface area contributed by atoms with Crippen molar-refractivity contribution in [2.45, 2.75) is 26.3 Å². The zero-order valence-corrected chi connectivity index (χ0v) is 13.6. The van der Waals surface area contributed by atoms with Gasteiger partial charge in [0.05, 0.1) is 13.2 Å². The normalized spacial score (nSPS) is 10.9. The van der Waals surface area contributed by atoms with Gasteiger partial charge in [0.15, 0.2) is 0 Å². The molecule has 1 aromatic rings. The second kappa shape index (κ2) is 9.77. The molecule has 4 nitrogen and oxygen atoms in total. The first-order valence-corrected chi connectivity index (χ1v) is 7.76. The number of benzene rings is 1. The Labute approximate surface area is 132 Å². The number of likely N-dealkylation sites (N-methyl/N-ethyl adjacent to an activating group) is 1. The topological polar surface area (TPSA) is 43.8 Å². The van der Waals surface area contributed by atoms with Crippen LogP contribution < -0.4 is 0 Å². The van der Waals surface area contributed by atoms with Crippen molar-refractivity contribution in [3.63, 3.8) is 0 Å². The third-order valence-electron chi connectivity index (χ3n) is 3.34. The Hall–Kier alpha value is -1.10. The SMILES string of the molecule is CCCCN(CCO)CC(=O)N(C)Cc1cccc(Cl)c1. The van der Waals surface area contributed by atoms with Crippen LogP contribution in [-0.4, -0.2) is 54.1 Å². The van der Waals surface area contributed by atoms with Crippen molar-refractivity contribution in [3.05, 3.63) is 34.9 Å². The minimum Gasteiger partial charge on any atom is -0.395 e. The summed E-state index contributed by atoms with van der Waals surface area (Å²) in [4.78, 5) is 15.9. The summed E-state index contributed by atoms with van der Waals surface area (Å²) in [5.41, 5.74) is 1.01. The van der Waals surface area contributed by atoms with Gasteiger partial charge in [-0.05, 0) is 30.7 Å². The molecule has 0 radical (unpaired) electrons. The summed E-state index contributed by atoms with van der Waals surface area (Å²) in [6.45, 7) is 4.46. The molecule has 0 heterocycles. The highest BCUT2D eigenvalue weighted by Crippen LogP contribution is 2.12. The van der Waals surface area contributed by atoms with Crippen LogP contribution in [0.15, 0.2) is 24.3 Å². The van der Waals surface area contributed by atoms with Gasteiger partial charge < -0.3 is 10.0 Å². The lowest BCUT2D eigenvalue weighted by atomic mass is 10.2. The van der Waals surface area contributed by atoms with Gasteiger partial charge in [-0.25, -0.2) is 0 Å². The average molecular weight is 313 g/mol. The lowest BCUT2D eigenvalue weighted by Gasteiger charge is -2.24. The molecule has 0 aliphatic heterocycles. The molecule has 0 saturated carbocycles. The standard InChI is InChI=1S/C16H25ClN2O2/c1-3-4-8-19(9-10-20)13-16(21)18(2)12-14-6-5-7-15(17)11-14/h5-7,11,20H,3-4,8-10,12-13H2,1-2H3. The number of nitrogens with zero attached hydrogens (tertiary/aromatic N) is 2. The summed E-state index contributed by atoms with van der Waals surface area (Å²) in [7, 11) is 1.79. The molecule has 5 heteroatoms. The van der Waals surface area contributed by atoms with Gasteiger partial charge in [0.2, 0.25) is 5.91 Å². The molecule has 1 N–H and O–H groups in total. The number of rotatable bonds is 9. The molecule has 0 aliphatic rings. The molecule has 0 bridgehead atoms. The first-order valence-electron chi connectivity index (χ1n) is 7.38. The van der Waals surface area contributed by atoms with Crippen molar-refractivity contribution >= 4 is 17.5 Å². The molecule has 21 heavy (non-hydrogen) atoms. The molecule has 0 atom stereocenters. The van der Waals surface area contributed by atoms with E-state index in [2.05, 4.69) is 6.92 Å². The number of amides is 1. The van der Waals surface area contributed by atoms with Crippen molar-refractivity contribution in [2.75, 3.05) is 33.3 Å². The van der Waals surface area contributed by atoms with Crippen LogP contribution in [0.2, 0.25) is 5.02 Å². The Kier molecular flexibility index (Phi) is 8.35. The molecular weight excluding hydrogens is 288 g/mol. The van der Waals surface area contributed by atoms with E-state index < -0.39 is 0 Å². The summed E-state index contributed by atoms with van der Waals surface area (Å²) in [6, 6.07) is 7.53. The molecule has 0 aliphatic carbocycles. The molecule has 0 unspecified atom stereocenters. The van der Waals surface area contributed by atoms with Crippen molar-refractivity contribution < 1.29 is 9.90 Å². The molecule has 1 amide bonds. The van der Waals surface area contributed by atoms with E-state index in [4.69, 9.17) is 16.7 Å². The third kappa shape index (κ3) is 6.93. The number of hydrogen-bond donors (Lipinski definition) is 1. The molecule has 118 valence electrons. The number of hydrogen-bond acceptors (Lipinski definition) is 3. The maximum Gasteiger partial charge on any atom is 0.236 e. The van der Waals surface area contributed by atoms with Gasteiger partial charge in [-0.1, -0.05) is 37.1 Å². The van der Waals surface area contributed by atoms with Gasteiger partial charge in [0.25, 0.3) is 0 Å². The van der Waals surface area contributed by atoms with E-state index in [0.29, 0.717) is 24.7 Å². The lowest BCUT2D eigenvalue weighted by molar-refractivity contribution is -0.131. The van der Waals surface area contributed by atoms with Gasteiger partial charge in [0, 0.05) is 25.2 Å². The monoisotopic (exact) mass is 312 g/mol. The first kappa shape index (κ1) is 18.0. The summed E-state index contributed by atoms with van der Waals surface area (Å²) in [5.74, 6) is 0.0551. The zero-order chi connectivity index (χ0) is 15.7. The van der Waals surface area contributed by atoms with E-state index in [9.17, 15) is 4.79 Å². The van der Waals surface area contributed by atoms with Crippen molar-refractivity contribution in [1.29, 1.82) is 0 Å². The predicted octanol–water partition coefficient (Wildman–Crippen LogP) is 2.39. The van der Waals surface area contributed by atoms with Crippen LogP contribution in [0.1, 0.15) is 25.3 Å². The first-order chi connectivity index (χ1) is 10.1. The van der Waals surface area contributed by atoms with Crippen molar-refractivity contribution in [1.82, 2.24) is 9.80 Å². The zero-order valence-electron chi connectivity index (χ0n) is 12.9. The summed E-state index contributed by atoms with van der Waals surface area (Å²) >= 11 is 5.95. The molecule has 1 aromatic carbocycles. The highest BCUT2D eigenvalue weighted by molar-refractivity contribution is 6.30. The highest BCUT2D eigenvalue weighted by Gasteiger charge is 2.14. The van der Waals surface area contributed by atoms with Crippen LogP contribution in [0.3, 0.4) is 0 Å². The fraction of sp³-hybridized carbons (Fsp3) is 0.562. The number of aliphatic hydroxyl groups is 1. The molecule has 0 spiro atoms. The van der Waals surface area contributed by atoms with E-state index in [0.717, 1.165) is 24.9 Å². The Morgan fingerprint density at radius 1 is 1.33 bits per heavy atom. The van der Waals surface area contributed by atoms with Gasteiger partial charge in [-0.15, -0.1) is 0 Å². The average Bonchev–Trinajstić information content (AvgIpc) is 2.44. The largest absolute Gasteiger partial charge is 0.395 e. The number of carbonyl (C=O) groups is 1. The molecule has 0 fully saturated rings. The fourth-order valence-electron chi connectivity index (χ4n) is 2.10. The molecular formula is C16H25ClN2O2. The second-order valence-electron chi connectivity index (χ2n) is 5.23. The van der Waals surface area contributed by atoms with E-state index in [1.54, 1.807) is 11.9 Å². The number of aliphatic hydroxyl groups excluding tert-OH is 1. The maximum absolute atomic E-state index is 12.3. The second-order valence-corrected chi connectivity index (χ2v) is 5.67. The van der Waals surface area contributed by atoms with Crippen LogP contribution in [0.5, 0.6) is 0 Å². The Bertz CT molecular complexity index is 440. The maximum atomic E-state index is 12.3. The molecule has 1 rings (SSSR count). The number of halogens is 1. The van der Waals surface area contributed by atoms with Gasteiger partial charge >= 0.3 is 0 Å². The quantitative estimate of drug-likeness (QED) is 0.761. The number of carbonyl (C=O) groups excluding carboxylic acids is 1. The Morgan fingerprint density at radius 3 is 2.71 bits per heavy atom. The molecule has 0 aromatic heterocycles. The minimum atomic E-state index is 0.0551. The summed E-state index contributed by atoms with van der Waals surface area (Å²) < 4.78 is 0. The van der Waals surface area contributed by atoms with E-state index in [-0.39, 0.29) is 12.5 Å². The van der Waals surface area contributed by atoms with E-state index in [1.165, 1.54) is 0 Å². The highest BCUT2D eigenvalue weighted by atomic mass is 35.5. The van der Waals surface area contributed by atoms with Gasteiger partial charge in [-0.2, -0.15) is 0 Å². The lowest BCUT2D eigenvalue weighted by Crippen LogP contribution is -2.39. The van der Waals surface area contributed by atoms with Crippen molar-refractivity contribution in [2.24, 2.45) is 0 Å².